The topological polar surface area (TPSA) is 68.0 Å². The number of hydrogen-bond acceptors (Lipinski definition) is 5. The summed E-state index contributed by atoms with van der Waals surface area (Å²) >= 11 is 24.8. The Hall–Kier alpha value is -1.31. The molecule has 2 aromatic heterocycles. The molecule has 0 aliphatic heterocycles. The molecule has 0 aliphatic rings. The molecule has 0 atom stereocenters. The van der Waals surface area contributed by atoms with Crippen LogP contribution in [-0.4, -0.2) is 16.1 Å². The Labute approximate surface area is 154 Å². The number of amides is 1. The van der Waals surface area contributed by atoms with Crippen molar-refractivity contribution in [2.75, 3.05) is 5.32 Å². The predicted molar refractivity (Wildman–Crippen MR) is 92.0 cm³/mol. The summed E-state index contributed by atoms with van der Waals surface area (Å²) in [6, 6.07) is 5.97. The van der Waals surface area contributed by atoms with E-state index in [0.29, 0.717) is 24.3 Å². The maximum absolute atomic E-state index is 12.1. The average molecular weight is 409 g/mol. The SMILES string of the molecule is O=C(Nc1nnc(-c2cc(Cl)sc2Cl)o1)c1cc(Cl)cc(Cl)c1. The van der Waals surface area contributed by atoms with Gasteiger partial charge in [0.05, 0.1) is 9.90 Å². The van der Waals surface area contributed by atoms with Crippen LogP contribution < -0.4 is 5.32 Å². The predicted octanol–water partition coefficient (Wildman–Crippen LogP) is 5.66. The zero-order valence-electron chi connectivity index (χ0n) is 10.9. The second-order valence-electron chi connectivity index (χ2n) is 4.26. The van der Waals surface area contributed by atoms with Gasteiger partial charge in [0.2, 0.25) is 0 Å². The number of carbonyl (C=O) groups is 1. The van der Waals surface area contributed by atoms with E-state index in [1.807, 2.05) is 0 Å². The van der Waals surface area contributed by atoms with Crippen molar-refractivity contribution in [3.05, 3.63) is 48.5 Å². The standard InChI is InChI=1S/C13H5Cl4N3O2S/c14-6-1-5(2-7(15)3-6)11(21)18-13-20-19-12(22-13)8-4-9(16)23-10(8)17/h1-4H,(H,18,20,21). The molecule has 0 bridgehead atoms. The summed E-state index contributed by atoms with van der Waals surface area (Å²) in [4.78, 5) is 12.1. The van der Waals surface area contributed by atoms with Crippen molar-refractivity contribution in [2.45, 2.75) is 0 Å². The number of nitrogens with zero attached hydrogens (tertiary/aromatic N) is 2. The summed E-state index contributed by atoms with van der Waals surface area (Å²) in [5.74, 6) is -0.336. The number of hydrogen-bond donors (Lipinski definition) is 1. The van der Waals surface area contributed by atoms with Gasteiger partial charge in [-0.25, -0.2) is 0 Å². The normalized spacial score (nSPS) is 10.8. The first-order chi connectivity index (χ1) is 10.9. The van der Waals surface area contributed by atoms with Gasteiger partial charge in [0.25, 0.3) is 11.8 Å². The highest BCUT2D eigenvalue weighted by atomic mass is 35.5. The van der Waals surface area contributed by atoms with E-state index in [2.05, 4.69) is 15.5 Å². The molecule has 1 N–H and O–H groups in total. The molecular formula is C13H5Cl4N3O2S. The first kappa shape index (κ1) is 16.5. The quantitative estimate of drug-likeness (QED) is 0.606. The van der Waals surface area contributed by atoms with Crippen LogP contribution in [0, 0.1) is 0 Å². The third-order valence-electron chi connectivity index (χ3n) is 2.66. The van der Waals surface area contributed by atoms with Crippen LogP contribution in [0.1, 0.15) is 10.4 Å². The molecule has 0 fully saturated rings. The third-order valence-corrected chi connectivity index (χ3v) is 4.58. The van der Waals surface area contributed by atoms with E-state index in [1.54, 1.807) is 6.07 Å². The minimum atomic E-state index is -0.487. The Bertz CT molecular complexity index is 873. The van der Waals surface area contributed by atoms with Crippen LogP contribution in [0.25, 0.3) is 11.5 Å². The minimum Gasteiger partial charge on any atom is -0.403 e. The van der Waals surface area contributed by atoms with E-state index in [4.69, 9.17) is 50.8 Å². The molecule has 1 amide bonds. The molecule has 118 valence electrons. The fourth-order valence-corrected chi connectivity index (χ4v) is 3.70. The first-order valence-electron chi connectivity index (χ1n) is 5.98. The van der Waals surface area contributed by atoms with Crippen LogP contribution in [0.4, 0.5) is 6.01 Å². The van der Waals surface area contributed by atoms with Crippen LogP contribution in [0.5, 0.6) is 0 Å². The number of benzene rings is 1. The fourth-order valence-electron chi connectivity index (χ4n) is 1.72. The molecule has 23 heavy (non-hydrogen) atoms. The molecule has 3 aromatic rings. The number of aromatic nitrogens is 2. The molecule has 1 aromatic carbocycles. The van der Waals surface area contributed by atoms with E-state index in [0.717, 1.165) is 0 Å². The van der Waals surface area contributed by atoms with E-state index in [-0.39, 0.29) is 17.5 Å². The highest BCUT2D eigenvalue weighted by Gasteiger charge is 2.17. The van der Waals surface area contributed by atoms with Crippen LogP contribution in [0.15, 0.2) is 28.7 Å². The lowest BCUT2D eigenvalue weighted by Crippen LogP contribution is -2.12. The maximum Gasteiger partial charge on any atom is 0.322 e. The lowest BCUT2D eigenvalue weighted by Gasteiger charge is -2.02. The summed E-state index contributed by atoms with van der Waals surface area (Å²) in [5.41, 5.74) is 0.763. The fraction of sp³-hybridized carbons (Fsp3) is 0. The second-order valence-corrected chi connectivity index (χ2v) is 7.42. The van der Waals surface area contributed by atoms with Crippen molar-refractivity contribution in [1.29, 1.82) is 0 Å². The van der Waals surface area contributed by atoms with Crippen molar-refractivity contribution in [2.24, 2.45) is 0 Å². The monoisotopic (exact) mass is 407 g/mol. The summed E-state index contributed by atoms with van der Waals surface area (Å²) < 4.78 is 6.26. The second kappa shape index (κ2) is 6.67. The molecule has 0 unspecified atom stereocenters. The zero-order chi connectivity index (χ0) is 16.6. The van der Waals surface area contributed by atoms with Gasteiger partial charge >= 0.3 is 6.01 Å². The van der Waals surface area contributed by atoms with Crippen LogP contribution in [0.2, 0.25) is 18.7 Å². The van der Waals surface area contributed by atoms with E-state index >= 15 is 0 Å². The van der Waals surface area contributed by atoms with E-state index < -0.39 is 5.91 Å². The molecule has 0 spiro atoms. The van der Waals surface area contributed by atoms with Gasteiger partial charge in [0.15, 0.2) is 0 Å². The third kappa shape index (κ3) is 3.79. The molecule has 5 nitrogen and oxygen atoms in total. The highest BCUT2D eigenvalue weighted by molar-refractivity contribution is 7.20. The Kier molecular flexibility index (Phi) is 4.79. The molecule has 0 saturated carbocycles. The number of anilines is 1. The van der Waals surface area contributed by atoms with Gasteiger partial charge < -0.3 is 4.42 Å². The number of halogens is 4. The Balaban J connectivity index is 1.81. The molecule has 2 heterocycles. The highest BCUT2D eigenvalue weighted by Crippen LogP contribution is 2.37. The van der Waals surface area contributed by atoms with Gasteiger partial charge in [-0.15, -0.1) is 16.4 Å². The van der Waals surface area contributed by atoms with Crippen molar-refractivity contribution in [3.8, 4) is 11.5 Å². The van der Waals surface area contributed by atoms with Gasteiger partial charge in [0, 0.05) is 15.6 Å². The Morgan fingerprint density at radius 2 is 1.74 bits per heavy atom. The maximum atomic E-state index is 12.1. The number of carbonyl (C=O) groups excluding carboxylic acids is 1. The van der Waals surface area contributed by atoms with Crippen molar-refractivity contribution < 1.29 is 9.21 Å². The van der Waals surface area contributed by atoms with E-state index in [9.17, 15) is 4.79 Å². The lowest BCUT2D eigenvalue weighted by atomic mass is 10.2. The molecular weight excluding hydrogens is 404 g/mol. The van der Waals surface area contributed by atoms with Crippen molar-refractivity contribution in [1.82, 2.24) is 10.2 Å². The number of rotatable bonds is 3. The summed E-state index contributed by atoms with van der Waals surface area (Å²) in [6.45, 7) is 0. The number of nitrogens with one attached hydrogen (secondary N) is 1. The van der Waals surface area contributed by atoms with Gasteiger partial charge in [-0.05, 0) is 24.3 Å². The molecule has 10 heteroatoms. The van der Waals surface area contributed by atoms with Gasteiger partial charge in [0.1, 0.15) is 4.34 Å². The minimum absolute atomic E-state index is 0.0838. The Morgan fingerprint density at radius 3 is 2.35 bits per heavy atom. The van der Waals surface area contributed by atoms with Gasteiger partial charge in [-0.2, -0.15) is 0 Å². The van der Waals surface area contributed by atoms with Crippen LogP contribution >= 0.6 is 57.7 Å². The summed E-state index contributed by atoms with van der Waals surface area (Å²) in [6.07, 6.45) is 0. The largest absolute Gasteiger partial charge is 0.403 e. The summed E-state index contributed by atoms with van der Waals surface area (Å²) in [5, 5.41) is 10.7. The van der Waals surface area contributed by atoms with Crippen LogP contribution in [-0.2, 0) is 0 Å². The average Bonchev–Trinajstić information content (AvgIpc) is 3.04. The lowest BCUT2D eigenvalue weighted by molar-refractivity contribution is 0.102. The van der Waals surface area contributed by atoms with Crippen LogP contribution in [0.3, 0.4) is 0 Å². The Morgan fingerprint density at radius 1 is 1.04 bits per heavy atom. The van der Waals surface area contributed by atoms with Gasteiger partial charge in [-0.1, -0.05) is 51.5 Å². The summed E-state index contributed by atoms with van der Waals surface area (Å²) in [7, 11) is 0. The smallest absolute Gasteiger partial charge is 0.322 e. The zero-order valence-corrected chi connectivity index (χ0v) is 14.8. The van der Waals surface area contributed by atoms with E-state index in [1.165, 1.54) is 29.5 Å². The van der Waals surface area contributed by atoms with Crippen molar-refractivity contribution >= 4 is 69.7 Å². The number of thiophene rings is 1. The molecule has 0 saturated heterocycles. The van der Waals surface area contributed by atoms with Crippen molar-refractivity contribution in [3.63, 3.8) is 0 Å². The molecule has 0 aliphatic carbocycles. The molecule has 3 rings (SSSR count). The molecule has 0 radical (unpaired) electrons. The van der Waals surface area contributed by atoms with Gasteiger partial charge in [-0.3, -0.25) is 10.1 Å². The first-order valence-corrected chi connectivity index (χ1v) is 8.31.